The third-order valence-electron chi connectivity index (χ3n) is 2.64. The molecule has 0 saturated heterocycles. The highest BCUT2D eigenvalue weighted by molar-refractivity contribution is 6.31. The number of rotatable bonds is 4. The van der Waals surface area contributed by atoms with Gasteiger partial charge in [-0.2, -0.15) is 0 Å². The van der Waals surface area contributed by atoms with E-state index in [4.69, 9.17) is 22.1 Å². The van der Waals surface area contributed by atoms with Gasteiger partial charge in [-0.1, -0.05) is 35.9 Å². The zero-order valence-corrected chi connectivity index (χ0v) is 10.5. The van der Waals surface area contributed by atoms with Crippen LogP contribution < -0.4 is 10.5 Å². The van der Waals surface area contributed by atoms with Crippen molar-refractivity contribution in [2.24, 2.45) is 5.73 Å². The van der Waals surface area contributed by atoms with Crippen molar-refractivity contribution in [3.05, 3.63) is 58.6 Å². The molecule has 0 aromatic heterocycles. The summed E-state index contributed by atoms with van der Waals surface area (Å²) in [6.07, 6.45) is 0. The number of halogens is 1. The van der Waals surface area contributed by atoms with Crippen LogP contribution in [0.15, 0.2) is 42.5 Å². The van der Waals surface area contributed by atoms with Crippen molar-refractivity contribution >= 4 is 11.6 Å². The maximum absolute atomic E-state index is 9.25. The smallest absolute Gasteiger partial charge is 0.133 e. The summed E-state index contributed by atoms with van der Waals surface area (Å²) in [4.78, 5) is 0. The number of aliphatic hydroxyl groups is 1. The van der Waals surface area contributed by atoms with Gasteiger partial charge in [-0.3, -0.25) is 0 Å². The SMILES string of the molecule is NCc1c(Cl)cccc1Oc1ccccc1CO. The Morgan fingerprint density at radius 1 is 1.06 bits per heavy atom. The molecule has 0 spiro atoms. The molecular formula is C14H14ClNO2. The van der Waals surface area contributed by atoms with Crippen molar-refractivity contribution in [2.45, 2.75) is 13.2 Å². The van der Waals surface area contributed by atoms with Gasteiger partial charge >= 0.3 is 0 Å². The number of hydrogen-bond acceptors (Lipinski definition) is 3. The second-order valence-corrected chi connectivity index (χ2v) is 4.20. The van der Waals surface area contributed by atoms with E-state index >= 15 is 0 Å². The molecule has 0 heterocycles. The molecule has 2 rings (SSSR count). The Kier molecular flexibility index (Phi) is 4.20. The lowest BCUT2D eigenvalue weighted by Gasteiger charge is -2.13. The van der Waals surface area contributed by atoms with E-state index in [9.17, 15) is 5.11 Å². The molecule has 0 fully saturated rings. The lowest BCUT2D eigenvalue weighted by atomic mass is 10.2. The Labute approximate surface area is 111 Å². The summed E-state index contributed by atoms with van der Waals surface area (Å²) < 4.78 is 5.78. The molecule has 2 aromatic carbocycles. The molecule has 0 amide bonds. The minimum atomic E-state index is -0.0747. The summed E-state index contributed by atoms with van der Waals surface area (Å²) in [6, 6.07) is 12.7. The van der Waals surface area contributed by atoms with Crippen LogP contribution in [0.2, 0.25) is 5.02 Å². The van der Waals surface area contributed by atoms with Gasteiger partial charge in [-0.15, -0.1) is 0 Å². The summed E-state index contributed by atoms with van der Waals surface area (Å²) in [5.41, 5.74) is 7.14. The standard InChI is InChI=1S/C14H14ClNO2/c15-12-5-3-7-14(11(12)8-16)18-13-6-2-1-4-10(13)9-17/h1-7,17H,8-9,16H2. The summed E-state index contributed by atoms with van der Waals surface area (Å²) in [5, 5.41) is 9.83. The highest BCUT2D eigenvalue weighted by atomic mass is 35.5. The van der Waals surface area contributed by atoms with Crippen molar-refractivity contribution in [1.29, 1.82) is 0 Å². The summed E-state index contributed by atoms with van der Waals surface area (Å²) >= 11 is 6.06. The van der Waals surface area contributed by atoms with Crippen LogP contribution in [0, 0.1) is 0 Å². The van der Waals surface area contributed by atoms with Crippen LogP contribution >= 0.6 is 11.6 Å². The van der Waals surface area contributed by atoms with Gasteiger partial charge in [-0.05, 0) is 18.2 Å². The Bertz CT molecular complexity index is 543. The molecule has 0 aliphatic heterocycles. The number of hydrogen-bond donors (Lipinski definition) is 2. The minimum Gasteiger partial charge on any atom is -0.457 e. The molecule has 0 aliphatic carbocycles. The van der Waals surface area contributed by atoms with Gasteiger partial charge in [0.1, 0.15) is 11.5 Å². The van der Waals surface area contributed by atoms with Crippen molar-refractivity contribution in [3.63, 3.8) is 0 Å². The predicted molar refractivity (Wildman–Crippen MR) is 71.8 cm³/mol. The molecule has 0 saturated carbocycles. The van der Waals surface area contributed by atoms with Crippen LogP contribution in [0.4, 0.5) is 0 Å². The van der Waals surface area contributed by atoms with Crippen molar-refractivity contribution in [3.8, 4) is 11.5 Å². The van der Waals surface area contributed by atoms with Gasteiger partial charge < -0.3 is 15.6 Å². The zero-order valence-electron chi connectivity index (χ0n) is 9.77. The summed E-state index contributed by atoms with van der Waals surface area (Å²) in [7, 11) is 0. The van der Waals surface area contributed by atoms with Gasteiger partial charge in [-0.25, -0.2) is 0 Å². The van der Waals surface area contributed by atoms with Crippen molar-refractivity contribution in [1.82, 2.24) is 0 Å². The van der Waals surface area contributed by atoms with Gasteiger partial charge in [0.25, 0.3) is 0 Å². The molecule has 18 heavy (non-hydrogen) atoms. The number of ether oxygens (including phenoxy) is 1. The van der Waals surface area contributed by atoms with E-state index in [2.05, 4.69) is 0 Å². The van der Waals surface area contributed by atoms with E-state index in [1.165, 1.54) is 0 Å². The van der Waals surface area contributed by atoms with Crippen LogP contribution in [-0.2, 0) is 13.2 Å². The van der Waals surface area contributed by atoms with E-state index in [1.54, 1.807) is 18.2 Å². The average Bonchev–Trinajstić information content (AvgIpc) is 2.40. The lowest BCUT2D eigenvalue weighted by Crippen LogP contribution is -2.01. The molecular weight excluding hydrogens is 250 g/mol. The summed E-state index contributed by atoms with van der Waals surface area (Å²) in [6.45, 7) is 0.227. The molecule has 94 valence electrons. The maximum Gasteiger partial charge on any atom is 0.133 e. The van der Waals surface area contributed by atoms with E-state index in [-0.39, 0.29) is 6.61 Å². The topological polar surface area (TPSA) is 55.5 Å². The quantitative estimate of drug-likeness (QED) is 0.891. The first kappa shape index (κ1) is 12.9. The third kappa shape index (κ3) is 2.64. The average molecular weight is 264 g/mol. The first-order chi connectivity index (χ1) is 8.76. The highest BCUT2D eigenvalue weighted by Crippen LogP contribution is 2.31. The fourth-order valence-electron chi connectivity index (χ4n) is 1.69. The molecule has 0 unspecified atom stereocenters. The number of para-hydroxylation sites is 1. The number of aliphatic hydroxyl groups excluding tert-OH is 1. The predicted octanol–water partition coefficient (Wildman–Crippen LogP) is 3.08. The fourth-order valence-corrected chi connectivity index (χ4v) is 1.93. The van der Waals surface area contributed by atoms with Gasteiger partial charge in [0.2, 0.25) is 0 Å². The second kappa shape index (κ2) is 5.87. The van der Waals surface area contributed by atoms with Gasteiger partial charge in [0, 0.05) is 22.7 Å². The van der Waals surface area contributed by atoms with E-state index in [0.29, 0.717) is 23.1 Å². The molecule has 0 aliphatic rings. The van der Waals surface area contributed by atoms with Crippen LogP contribution in [0.1, 0.15) is 11.1 Å². The van der Waals surface area contributed by atoms with Crippen molar-refractivity contribution in [2.75, 3.05) is 0 Å². The van der Waals surface area contributed by atoms with Crippen LogP contribution in [-0.4, -0.2) is 5.11 Å². The Hall–Kier alpha value is -1.55. The van der Waals surface area contributed by atoms with Crippen LogP contribution in [0.25, 0.3) is 0 Å². The monoisotopic (exact) mass is 263 g/mol. The maximum atomic E-state index is 9.25. The normalized spacial score (nSPS) is 10.4. The molecule has 0 bridgehead atoms. The van der Waals surface area contributed by atoms with Crippen LogP contribution in [0.3, 0.4) is 0 Å². The highest BCUT2D eigenvalue weighted by Gasteiger charge is 2.09. The molecule has 0 atom stereocenters. The molecule has 2 aromatic rings. The molecule has 4 heteroatoms. The molecule has 0 radical (unpaired) electrons. The zero-order chi connectivity index (χ0) is 13.0. The second-order valence-electron chi connectivity index (χ2n) is 3.79. The largest absolute Gasteiger partial charge is 0.457 e. The Balaban J connectivity index is 2.37. The lowest BCUT2D eigenvalue weighted by molar-refractivity contribution is 0.276. The van der Waals surface area contributed by atoms with E-state index in [0.717, 1.165) is 11.1 Å². The van der Waals surface area contributed by atoms with Crippen LogP contribution in [0.5, 0.6) is 11.5 Å². The Morgan fingerprint density at radius 2 is 1.78 bits per heavy atom. The van der Waals surface area contributed by atoms with E-state index in [1.807, 2.05) is 24.3 Å². The molecule has 3 N–H and O–H groups in total. The number of nitrogens with two attached hydrogens (primary N) is 1. The third-order valence-corrected chi connectivity index (χ3v) is 3.00. The molecule has 3 nitrogen and oxygen atoms in total. The first-order valence-corrected chi connectivity index (χ1v) is 5.98. The van der Waals surface area contributed by atoms with E-state index < -0.39 is 0 Å². The van der Waals surface area contributed by atoms with Gasteiger partial charge in [0.05, 0.1) is 6.61 Å². The minimum absolute atomic E-state index is 0.0747. The van der Waals surface area contributed by atoms with Crippen molar-refractivity contribution < 1.29 is 9.84 Å². The van der Waals surface area contributed by atoms with Gasteiger partial charge in [0.15, 0.2) is 0 Å². The first-order valence-electron chi connectivity index (χ1n) is 5.60. The fraction of sp³-hybridized carbons (Fsp3) is 0.143. The summed E-state index contributed by atoms with van der Waals surface area (Å²) in [5.74, 6) is 1.22. The Morgan fingerprint density at radius 3 is 2.50 bits per heavy atom. The number of benzene rings is 2.